The van der Waals surface area contributed by atoms with Crippen molar-refractivity contribution in [3.8, 4) is 5.75 Å². The highest BCUT2D eigenvalue weighted by atomic mass is 35.5. The molecule has 0 radical (unpaired) electrons. The zero-order valence-corrected chi connectivity index (χ0v) is 21.0. The molecular formula is C28H18Cl2FNO3S. The van der Waals surface area contributed by atoms with Crippen LogP contribution in [-0.4, -0.2) is 16.0 Å². The Morgan fingerprint density at radius 3 is 2.50 bits per heavy atom. The second-order valence-electron chi connectivity index (χ2n) is 8.08. The van der Waals surface area contributed by atoms with Crippen molar-refractivity contribution in [3.05, 3.63) is 116 Å². The maximum absolute atomic E-state index is 14.1. The molecule has 0 bridgehead atoms. The summed E-state index contributed by atoms with van der Waals surface area (Å²) in [7, 11) is 0. The number of halogens is 3. The van der Waals surface area contributed by atoms with E-state index in [9.17, 15) is 14.0 Å². The molecule has 1 heterocycles. The zero-order chi connectivity index (χ0) is 25.2. The van der Waals surface area contributed by atoms with E-state index in [1.165, 1.54) is 6.07 Å². The monoisotopic (exact) mass is 537 g/mol. The molecule has 0 N–H and O–H groups in total. The molecule has 1 aliphatic rings. The highest BCUT2D eigenvalue weighted by Gasteiger charge is 2.35. The van der Waals surface area contributed by atoms with E-state index >= 15 is 0 Å². The first-order chi connectivity index (χ1) is 17.4. The second-order valence-corrected chi connectivity index (χ2v) is 9.92. The third-order valence-electron chi connectivity index (χ3n) is 5.76. The third-order valence-corrected chi connectivity index (χ3v) is 7.26. The molecule has 0 atom stereocenters. The summed E-state index contributed by atoms with van der Waals surface area (Å²) in [6.07, 6.45) is 1.66. The first-order valence-corrected chi connectivity index (χ1v) is 12.5. The lowest BCUT2D eigenvalue weighted by Crippen LogP contribution is -2.27. The van der Waals surface area contributed by atoms with E-state index in [-0.39, 0.29) is 23.9 Å². The molecule has 4 aromatic rings. The van der Waals surface area contributed by atoms with Gasteiger partial charge in [-0.05, 0) is 58.4 Å². The van der Waals surface area contributed by atoms with Crippen LogP contribution < -0.4 is 4.74 Å². The van der Waals surface area contributed by atoms with Gasteiger partial charge in [-0.15, -0.1) is 0 Å². The molecule has 0 unspecified atom stereocenters. The molecule has 4 nitrogen and oxygen atoms in total. The van der Waals surface area contributed by atoms with Crippen molar-refractivity contribution in [1.29, 1.82) is 0 Å². The zero-order valence-electron chi connectivity index (χ0n) is 18.7. The van der Waals surface area contributed by atoms with Gasteiger partial charge in [-0.2, -0.15) is 0 Å². The van der Waals surface area contributed by atoms with Crippen molar-refractivity contribution in [3.63, 3.8) is 0 Å². The smallest absolute Gasteiger partial charge is 0.293 e. The van der Waals surface area contributed by atoms with Crippen molar-refractivity contribution in [2.45, 2.75) is 13.2 Å². The molecule has 1 aliphatic heterocycles. The van der Waals surface area contributed by atoms with Crippen LogP contribution in [-0.2, 0) is 17.9 Å². The topological polar surface area (TPSA) is 46.6 Å². The van der Waals surface area contributed by atoms with Gasteiger partial charge >= 0.3 is 0 Å². The molecule has 0 spiro atoms. The lowest BCUT2D eigenvalue weighted by molar-refractivity contribution is -0.123. The number of rotatable bonds is 6. The third kappa shape index (κ3) is 4.98. The minimum Gasteiger partial charge on any atom is -0.488 e. The van der Waals surface area contributed by atoms with Gasteiger partial charge in [-0.25, -0.2) is 4.39 Å². The number of imide groups is 1. The van der Waals surface area contributed by atoms with Crippen LogP contribution in [0.5, 0.6) is 5.75 Å². The van der Waals surface area contributed by atoms with E-state index in [0.717, 1.165) is 27.4 Å². The molecule has 0 aromatic heterocycles. The van der Waals surface area contributed by atoms with Crippen LogP contribution >= 0.6 is 35.0 Å². The van der Waals surface area contributed by atoms with Crippen molar-refractivity contribution in [2.24, 2.45) is 0 Å². The van der Waals surface area contributed by atoms with Gasteiger partial charge in [0.1, 0.15) is 18.2 Å². The maximum Gasteiger partial charge on any atom is 0.293 e. The molecular weight excluding hydrogens is 520 g/mol. The number of thioether (sulfide) groups is 1. The summed E-state index contributed by atoms with van der Waals surface area (Å²) in [5.41, 5.74) is 1.67. The van der Waals surface area contributed by atoms with Crippen LogP contribution in [0, 0.1) is 5.82 Å². The summed E-state index contributed by atoms with van der Waals surface area (Å²) in [5.74, 6) is -0.310. The number of hydrogen-bond donors (Lipinski definition) is 0. The minimum atomic E-state index is -0.427. The molecule has 5 rings (SSSR count). The molecule has 4 aromatic carbocycles. The molecule has 0 aliphatic carbocycles. The van der Waals surface area contributed by atoms with Crippen molar-refractivity contribution in [2.75, 3.05) is 0 Å². The van der Waals surface area contributed by atoms with Crippen LogP contribution in [0.15, 0.2) is 83.8 Å². The maximum atomic E-state index is 14.1. The lowest BCUT2D eigenvalue weighted by Gasteiger charge is -2.14. The first kappa shape index (κ1) is 24.4. The van der Waals surface area contributed by atoms with Gasteiger partial charge in [0.25, 0.3) is 11.1 Å². The first-order valence-electron chi connectivity index (χ1n) is 11.0. The number of ether oxygens (including phenoxy) is 1. The van der Waals surface area contributed by atoms with Crippen molar-refractivity contribution >= 4 is 63.0 Å². The Kier molecular flexibility index (Phi) is 7.01. The summed E-state index contributed by atoms with van der Waals surface area (Å²) < 4.78 is 20.1. The number of amides is 2. The average Bonchev–Trinajstić information content (AvgIpc) is 3.13. The standard InChI is InChI=1S/C28H18Cl2FNO3S/c29-20-11-9-18(23(30)13-20)15-32-27(33)26(36-28(32)34)14-22-21-7-3-1-5-17(21)10-12-25(22)35-16-19-6-2-4-8-24(19)31/h1-14H,15-16H2/b26-14-. The van der Waals surface area contributed by atoms with E-state index in [4.69, 9.17) is 27.9 Å². The van der Waals surface area contributed by atoms with Gasteiger partial charge < -0.3 is 4.74 Å². The van der Waals surface area contributed by atoms with Gasteiger partial charge in [-0.3, -0.25) is 14.5 Å². The number of hydrogen-bond acceptors (Lipinski definition) is 4. The Morgan fingerprint density at radius 1 is 0.917 bits per heavy atom. The van der Waals surface area contributed by atoms with Crippen LogP contribution in [0.3, 0.4) is 0 Å². The predicted molar refractivity (Wildman–Crippen MR) is 143 cm³/mol. The molecule has 1 saturated heterocycles. The summed E-state index contributed by atoms with van der Waals surface area (Å²) in [6.45, 7) is 0.0482. The second kappa shape index (κ2) is 10.3. The summed E-state index contributed by atoms with van der Waals surface area (Å²) in [6, 6.07) is 22.7. The number of carbonyl (C=O) groups excluding carboxylic acids is 2. The van der Waals surface area contributed by atoms with E-state index in [2.05, 4.69) is 0 Å². The Balaban J connectivity index is 1.49. The van der Waals surface area contributed by atoms with Crippen LogP contribution in [0.1, 0.15) is 16.7 Å². The highest BCUT2D eigenvalue weighted by Crippen LogP contribution is 2.38. The molecule has 0 saturated carbocycles. The number of carbonyl (C=O) groups is 2. The summed E-state index contributed by atoms with van der Waals surface area (Å²) in [4.78, 5) is 27.4. The number of benzene rings is 4. The molecule has 2 amide bonds. The minimum absolute atomic E-state index is 0.0163. The van der Waals surface area contributed by atoms with Crippen LogP contribution in [0.4, 0.5) is 9.18 Å². The van der Waals surface area contributed by atoms with E-state index in [1.54, 1.807) is 48.5 Å². The van der Waals surface area contributed by atoms with Crippen LogP contribution in [0.2, 0.25) is 10.0 Å². The van der Waals surface area contributed by atoms with Crippen LogP contribution in [0.25, 0.3) is 16.8 Å². The average molecular weight is 538 g/mol. The number of nitrogens with zero attached hydrogens (tertiary/aromatic N) is 1. The van der Waals surface area contributed by atoms with E-state index in [0.29, 0.717) is 32.5 Å². The largest absolute Gasteiger partial charge is 0.488 e. The van der Waals surface area contributed by atoms with Gasteiger partial charge in [0.15, 0.2) is 0 Å². The van der Waals surface area contributed by atoms with Crippen molar-refractivity contribution in [1.82, 2.24) is 4.90 Å². The molecule has 8 heteroatoms. The SMILES string of the molecule is O=C1S/C(=C\c2c(OCc3ccccc3F)ccc3ccccc23)C(=O)N1Cc1ccc(Cl)cc1Cl. The number of fused-ring (bicyclic) bond motifs is 1. The van der Waals surface area contributed by atoms with Gasteiger partial charge in [0.2, 0.25) is 0 Å². The van der Waals surface area contributed by atoms with Gasteiger partial charge in [0, 0.05) is 21.2 Å². The fourth-order valence-electron chi connectivity index (χ4n) is 3.91. The predicted octanol–water partition coefficient (Wildman–Crippen LogP) is 8.10. The van der Waals surface area contributed by atoms with E-state index < -0.39 is 11.1 Å². The fourth-order valence-corrected chi connectivity index (χ4v) is 5.20. The summed E-state index contributed by atoms with van der Waals surface area (Å²) >= 11 is 13.1. The quantitative estimate of drug-likeness (QED) is 0.233. The Bertz CT molecular complexity index is 1540. The lowest BCUT2D eigenvalue weighted by atomic mass is 10.0. The highest BCUT2D eigenvalue weighted by molar-refractivity contribution is 8.18. The van der Waals surface area contributed by atoms with Gasteiger partial charge in [0.05, 0.1) is 11.4 Å². The Hall–Kier alpha value is -3.32. The van der Waals surface area contributed by atoms with E-state index in [1.807, 2.05) is 30.3 Å². The Labute approximate surface area is 221 Å². The summed E-state index contributed by atoms with van der Waals surface area (Å²) in [5, 5.41) is 2.23. The molecule has 180 valence electrons. The van der Waals surface area contributed by atoms with Crippen molar-refractivity contribution < 1.29 is 18.7 Å². The van der Waals surface area contributed by atoms with Gasteiger partial charge in [-0.1, -0.05) is 77.8 Å². The normalized spacial score (nSPS) is 14.8. The Morgan fingerprint density at radius 2 is 1.69 bits per heavy atom. The fraction of sp³-hybridized carbons (Fsp3) is 0.0714. The molecule has 36 heavy (non-hydrogen) atoms. The molecule has 1 fully saturated rings.